The highest BCUT2D eigenvalue weighted by Gasteiger charge is 2.51. The first-order valence-electron chi connectivity index (χ1n) is 12.4. The first-order valence-corrected chi connectivity index (χ1v) is 13.9. The molecule has 1 saturated carbocycles. The Hall–Kier alpha value is -2.71. The van der Waals surface area contributed by atoms with Gasteiger partial charge < -0.3 is 5.32 Å². The summed E-state index contributed by atoms with van der Waals surface area (Å²) in [4.78, 5) is 28.9. The van der Waals surface area contributed by atoms with Crippen LogP contribution in [0.5, 0.6) is 0 Å². The summed E-state index contributed by atoms with van der Waals surface area (Å²) in [6, 6.07) is 14.2. The summed E-state index contributed by atoms with van der Waals surface area (Å²) >= 11 is 0. The van der Waals surface area contributed by atoms with Gasteiger partial charge in [-0.3, -0.25) is 14.5 Å². The molecule has 0 unspecified atom stereocenters. The van der Waals surface area contributed by atoms with Gasteiger partial charge in [0, 0.05) is 18.3 Å². The molecule has 1 atom stereocenters. The zero-order valence-corrected chi connectivity index (χ0v) is 21.6. The fourth-order valence-corrected chi connectivity index (χ4v) is 6.55. The molecular weight excluding hydrogens is 462 g/mol. The number of hydrogen-bond donors (Lipinski definition) is 1. The Balaban J connectivity index is 1.71. The number of hydrogen-bond acceptors (Lipinski definition) is 4. The van der Waals surface area contributed by atoms with Crippen LogP contribution in [0, 0.1) is 6.92 Å². The van der Waals surface area contributed by atoms with Gasteiger partial charge in [0.05, 0.1) is 11.4 Å². The highest BCUT2D eigenvalue weighted by molar-refractivity contribution is 7.89. The van der Waals surface area contributed by atoms with Gasteiger partial charge in [-0.15, -0.1) is 0 Å². The third-order valence-electron chi connectivity index (χ3n) is 7.23. The number of aryl methyl sites for hydroxylation is 2. The number of carbonyl (C=O) groups is 2. The fourth-order valence-electron chi connectivity index (χ4n) is 5.07. The lowest BCUT2D eigenvalue weighted by Crippen LogP contribution is -2.70. The molecule has 1 aliphatic carbocycles. The minimum absolute atomic E-state index is 0.0385. The molecule has 2 fully saturated rings. The van der Waals surface area contributed by atoms with Gasteiger partial charge in [0.25, 0.3) is 0 Å². The molecule has 8 heteroatoms. The lowest BCUT2D eigenvalue weighted by atomic mass is 9.91. The Morgan fingerprint density at radius 3 is 2.26 bits per heavy atom. The van der Waals surface area contributed by atoms with Crippen LogP contribution in [-0.2, 0) is 26.0 Å². The minimum atomic E-state index is -3.96. The Morgan fingerprint density at radius 2 is 1.66 bits per heavy atom. The number of rotatable bonds is 6. The predicted molar refractivity (Wildman–Crippen MR) is 137 cm³/mol. The third-order valence-corrected chi connectivity index (χ3v) is 9.04. The molecule has 1 aliphatic heterocycles. The van der Waals surface area contributed by atoms with Crippen LogP contribution >= 0.6 is 0 Å². The Labute approximate surface area is 208 Å². The topological polar surface area (TPSA) is 86.8 Å². The second-order valence-electron chi connectivity index (χ2n) is 9.92. The van der Waals surface area contributed by atoms with Crippen molar-refractivity contribution in [1.29, 1.82) is 0 Å². The summed E-state index contributed by atoms with van der Waals surface area (Å²) in [6.45, 7) is 5.17. The standard InChI is InChI=1S/C27H35N3O4S/c1-4-21-12-14-23(15-13-21)30-25(31)18-29(35(33,34)24-16-10-20(2)11-17-24)19-27(30,3)26(32)28-22-8-6-5-7-9-22/h10-17,22H,4-9,18-19H2,1-3H3,(H,28,32)/t27-/m1/s1. The fraction of sp³-hybridized carbons (Fsp3) is 0.481. The van der Waals surface area contributed by atoms with E-state index in [4.69, 9.17) is 0 Å². The molecule has 1 heterocycles. The molecule has 2 amide bonds. The van der Waals surface area contributed by atoms with E-state index < -0.39 is 21.5 Å². The van der Waals surface area contributed by atoms with Gasteiger partial charge >= 0.3 is 0 Å². The van der Waals surface area contributed by atoms with Crippen molar-refractivity contribution in [2.45, 2.75) is 75.8 Å². The number of benzene rings is 2. The van der Waals surface area contributed by atoms with Crippen LogP contribution < -0.4 is 10.2 Å². The molecule has 188 valence electrons. The molecule has 4 rings (SSSR count). The average molecular weight is 498 g/mol. The normalized spacial score (nSPS) is 22.3. The number of sulfonamides is 1. The number of carbonyl (C=O) groups excluding carboxylic acids is 2. The van der Waals surface area contributed by atoms with Crippen molar-refractivity contribution in [2.75, 3.05) is 18.0 Å². The summed E-state index contributed by atoms with van der Waals surface area (Å²) in [6.07, 6.45) is 5.91. The maximum Gasteiger partial charge on any atom is 0.247 e. The monoisotopic (exact) mass is 497 g/mol. The van der Waals surface area contributed by atoms with Crippen molar-refractivity contribution in [3.05, 3.63) is 59.7 Å². The summed E-state index contributed by atoms with van der Waals surface area (Å²) in [5, 5.41) is 3.14. The molecule has 7 nitrogen and oxygen atoms in total. The van der Waals surface area contributed by atoms with E-state index in [1.165, 1.54) is 4.90 Å². The summed E-state index contributed by atoms with van der Waals surface area (Å²) < 4.78 is 28.1. The van der Waals surface area contributed by atoms with Crippen LogP contribution in [0.2, 0.25) is 0 Å². The molecule has 1 N–H and O–H groups in total. The molecule has 35 heavy (non-hydrogen) atoms. The maximum atomic E-state index is 13.8. The highest BCUT2D eigenvalue weighted by atomic mass is 32.2. The summed E-state index contributed by atoms with van der Waals surface area (Å²) in [5.41, 5.74) is 1.27. The molecule has 2 aliphatic rings. The van der Waals surface area contributed by atoms with Crippen LogP contribution in [0.1, 0.15) is 57.1 Å². The molecule has 2 aromatic carbocycles. The van der Waals surface area contributed by atoms with Gasteiger partial charge in [-0.2, -0.15) is 4.31 Å². The van der Waals surface area contributed by atoms with Crippen molar-refractivity contribution in [1.82, 2.24) is 9.62 Å². The summed E-state index contributed by atoms with van der Waals surface area (Å²) in [5.74, 6) is -0.737. The molecule has 0 spiro atoms. The van der Waals surface area contributed by atoms with E-state index >= 15 is 0 Å². The van der Waals surface area contributed by atoms with Crippen molar-refractivity contribution in [2.24, 2.45) is 0 Å². The van der Waals surface area contributed by atoms with Crippen molar-refractivity contribution in [3.63, 3.8) is 0 Å². The van der Waals surface area contributed by atoms with Crippen molar-refractivity contribution < 1.29 is 18.0 Å². The van der Waals surface area contributed by atoms with Gasteiger partial charge in [0.1, 0.15) is 5.54 Å². The number of anilines is 1. The first kappa shape index (κ1) is 25.4. The lowest BCUT2D eigenvalue weighted by molar-refractivity contribution is -0.133. The number of nitrogens with one attached hydrogen (secondary N) is 1. The Kier molecular flexibility index (Phi) is 7.33. The van der Waals surface area contributed by atoms with E-state index in [1.54, 1.807) is 31.2 Å². The van der Waals surface area contributed by atoms with Gasteiger partial charge in [0.15, 0.2) is 0 Å². The lowest BCUT2D eigenvalue weighted by Gasteiger charge is -2.47. The van der Waals surface area contributed by atoms with Crippen molar-refractivity contribution in [3.8, 4) is 0 Å². The first-order chi connectivity index (χ1) is 16.6. The van der Waals surface area contributed by atoms with Crippen LogP contribution in [0.4, 0.5) is 5.69 Å². The molecule has 0 bridgehead atoms. The van der Waals surface area contributed by atoms with Gasteiger partial charge in [-0.1, -0.05) is 56.0 Å². The molecule has 2 aromatic rings. The van der Waals surface area contributed by atoms with Crippen LogP contribution in [0.15, 0.2) is 53.4 Å². The maximum absolute atomic E-state index is 13.8. The van der Waals surface area contributed by atoms with E-state index in [9.17, 15) is 18.0 Å². The number of piperazine rings is 1. The van der Waals surface area contributed by atoms with Crippen molar-refractivity contribution >= 4 is 27.5 Å². The van der Waals surface area contributed by atoms with Crippen LogP contribution in [-0.4, -0.2) is 49.2 Å². The molecule has 0 aromatic heterocycles. The zero-order valence-electron chi connectivity index (χ0n) is 20.8. The molecule has 0 radical (unpaired) electrons. The highest BCUT2D eigenvalue weighted by Crippen LogP contribution is 2.33. The number of amides is 2. The Morgan fingerprint density at radius 1 is 1.03 bits per heavy atom. The average Bonchev–Trinajstić information content (AvgIpc) is 2.85. The third kappa shape index (κ3) is 5.14. The van der Waals surface area contributed by atoms with Crippen LogP contribution in [0.3, 0.4) is 0 Å². The smallest absolute Gasteiger partial charge is 0.247 e. The molecular formula is C27H35N3O4S. The van der Waals surface area contributed by atoms with Gasteiger partial charge in [0.2, 0.25) is 21.8 Å². The van der Waals surface area contributed by atoms with E-state index in [0.717, 1.165) is 54.0 Å². The second kappa shape index (κ2) is 10.1. The van der Waals surface area contributed by atoms with E-state index in [-0.39, 0.29) is 29.9 Å². The predicted octanol–water partition coefficient (Wildman–Crippen LogP) is 3.80. The zero-order chi connectivity index (χ0) is 25.2. The van der Waals surface area contributed by atoms with E-state index in [0.29, 0.717) is 5.69 Å². The quantitative estimate of drug-likeness (QED) is 0.658. The van der Waals surface area contributed by atoms with Gasteiger partial charge in [-0.05, 0) is 62.9 Å². The van der Waals surface area contributed by atoms with E-state index in [2.05, 4.69) is 12.2 Å². The van der Waals surface area contributed by atoms with E-state index in [1.807, 2.05) is 31.2 Å². The van der Waals surface area contributed by atoms with Gasteiger partial charge in [-0.25, -0.2) is 8.42 Å². The summed E-state index contributed by atoms with van der Waals surface area (Å²) in [7, 11) is -3.96. The Bertz CT molecular complexity index is 1170. The second-order valence-corrected chi connectivity index (χ2v) is 11.9. The SMILES string of the molecule is CCc1ccc(N2C(=O)CN(S(=O)(=O)c3ccc(C)cc3)C[C@]2(C)C(=O)NC2CCCCC2)cc1. The van der Waals surface area contributed by atoms with Crippen LogP contribution in [0.25, 0.3) is 0 Å². The minimum Gasteiger partial charge on any atom is -0.351 e. The number of nitrogens with zero attached hydrogens (tertiary/aromatic N) is 2. The molecule has 1 saturated heterocycles. The largest absolute Gasteiger partial charge is 0.351 e.